The highest BCUT2D eigenvalue weighted by Gasteiger charge is 2.29. The fraction of sp³-hybridized carbons (Fsp3) is 0.619. The number of nitrogens with zero attached hydrogens (tertiary/aromatic N) is 2. The number of rotatable bonds is 7. The van der Waals surface area contributed by atoms with E-state index in [-0.39, 0.29) is 17.4 Å². The zero-order valence-electron chi connectivity index (χ0n) is 17.5. The third kappa shape index (κ3) is 6.31. The third-order valence-corrected chi connectivity index (χ3v) is 4.43. The van der Waals surface area contributed by atoms with Crippen molar-refractivity contribution < 1.29 is 4.79 Å². The summed E-state index contributed by atoms with van der Waals surface area (Å²) >= 11 is 6.50. The molecule has 0 saturated carbocycles. The number of aromatic nitrogens is 2. The Kier molecular flexibility index (Phi) is 8.14. The summed E-state index contributed by atoms with van der Waals surface area (Å²) < 4.78 is 1.74. The lowest BCUT2D eigenvalue weighted by molar-refractivity contribution is 0.0939. The van der Waals surface area contributed by atoms with Crippen molar-refractivity contribution in [2.45, 2.75) is 79.7 Å². The highest BCUT2D eigenvalue weighted by atomic mass is 35.5. The van der Waals surface area contributed by atoms with Crippen molar-refractivity contribution in [3.8, 4) is 0 Å². The van der Waals surface area contributed by atoms with Crippen molar-refractivity contribution in [2.24, 2.45) is 0 Å². The predicted octanol–water partition coefficient (Wildman–Crippen LogP) is 5.84. The quantitative estimate of drug-likeness (QED) is 0.605. The fourth-order valence-electron chi connectivity index (χ4n) is 2.56. The van der Waals surface area contributed by atoms with Gasteiger partial charge in [-0.2, -0.15) is 5.10 Å². The standard InChI is InChI=1S/C21H34ClN3O/c1-14(2)10-9-11-16(5)12-13-23-20(26)19-17(22)18(15(3)4)24-25(19)21(6,7)8/h10,12,15H,9,11,13H2,1-8H3,(H,23,26)/b16-12+. The molecule has 0 bridgehead atoms. The Morgan fingerprint density at radius 2 is 1.85 bits per heavy atom. The molecule has 0 spiro atoms. The van der Waals surface area contributed by atoms with Crippen LogP contribution in [0.3, 0.4) is 0 Å². The first-order valence-corrected chi connectivity index (χ1v) is 9.69. The molecule has 0 radical (unpaired) electrons. The average molecular weight is 380 g/mol. The smallest absolute Gasteiger partial charge is 0.271 e. The largest absolute Gasteiger partial charge is 0.347 e. The Hall–Kier alpha value is -1.55. The van der Waals surface area contributed by atoms with Crippen LogP contribution in [0.4, 0.5) is 0 Å². The minimum atomic E-state index is -0.320. The number of hydrogen-bond donors (Lipinski definition) is 1. The first-order chi connectivity index (χ1) is 11.9. The van der Waals surface area contributed by atoms with Gasteiger partial charge < -0.3 is 5.32 Å². The van der Waals surface area contributed by atoms with Crippen LogP contribution in [0.5, 0.6) is 0 Å². The Balaban J connectivity index is 2.89. The molecule has 26 heavy (non-hydrogen) atoms. The number of hydrogen-bond acceptors (Lipinski definition) is 2. The molecule has 1 N–H and O–H groups in total. The summed E-state index contributed by atoms with van der Waals surface area (Å²) in [6.07, 6.45) is 6.31. The lowest BCUT2D eigenvalue weighted by atomic mass is 10.1. The average Bonchev–Trinajstić information content (AvgIpc) is 2.84. The molecule has 0 atom stereocenters. The van der Waals surface area contributed by atoms with Gasteiger partial charge in [0.05, 0.1) is 16.3 Å². The van der Waals surface area contributed by atoms with Crippen LogP contribution < -0.4 is 5.32 Å². The predicted molar refractivity (Wildman–Crippen MR) is 111 cm³/mol. The van der Waals surface area contributed by atoms with Crippen LogP contribution in [-0.4, -0.2) is 22.2 Å². The highest BCUT2D eigenvalue weighted by Crippen LogP contribution is 2.30. The van der Waals surface area contributed by atoms with E-state index < -0.39 is 0 Å². The van der Waals surface area contributed by atoms with Crippen LogP contribution in [0.15, 0.2) is 23.3 Å². The molecule has 0 aliphatic carbocycles. The van der Waals surface area contributed by atoms with Crippen molar-refractivity contribution in [3.05, 3.63) is 39.7 Å². The summed E-state index contributed by atoms with van der Waals surface area (Å²) in [5, 5.41) is 8.02. The van der Waals surface area contributed by atoms with Gasteiger partial charge in [-0.3, -0.25) is 9.48 Å². The zero-order chi connectivity index (χ0) is 20.1. The van der Waals surface area contributed by atoms with Crippen LogP contribution in [0.1, 0.15) is 90.3 Å². The van der Waals surface area contributed by atoms with Crippen LogP contribution in [0.25, 0.3) is 0 Å². The number of carbonyl (C=O) groups is 1. The number of allylic oxidation sites excluding steroid dienone is 3. The molecule has 1 heterocycles. The monoisotopic (exact) mass is 379 g/mol. The van der Waals surface area contributed by atoms with Gasteiger partial charge in [0.15, 0.2) is 0 Å². The van der Waals surface area contributed by atoms with Crippen molar-refractivity contribution >= 4 is 17.5 Å². The van der Waals surface area contributed by atoms with E-state index in [1.54, 1.807) is 4.68 Å². The zero-order valence-corrected chi connectivity index (χ0v) is 18.3. The van der Waals surface area contributed by atoms with Crippen molar-refractivity contribution in [1.82, 2.24) is 15.1 Å². The van der Waals surface area contributed by atoms with Gasteiger partial charge in [0.2, 0.25) is 0 Å². The van der Waals surface area contributed by atoms with Gasteiger partial charge in [-0.05, 0) is 60.3 Å². The summed E-state index contributed by atoms with van der Waals surface area (Å²) in [6.45, 7) is 16.9. The molecule has 1 aromatic heterocycles. The molecule has 0 saturated heterocycles. The minimum absolute atomic E-state index is 0.162. The van der Waals surface area contributed by atoms with E-state index in [1.165, 1.54) is 11.1 Å². The van der Waals surface area contributed by atoms with Gasteiger partial charge in [0.1, 0.15) is 5.69 Å². The van der Waals surface area contributed by atoms with Gasteiger partial charge in [-0.25, -0.2) is 0 Å². The molecule has 4 nitrogen and oxygen atoms in total. The Morgan fingerprint density at radius 3 is 2.35 bits per heavy atom. The third-order valence-electron chi connectivity index (χ3n) is 4.05. The summed E-state index contributed by atoms with van der Waals surface area (Å²) in [6, 6.07) is 0. The second-order valence-electron chi connectivity index (χ2n) is 8.37. The summed E-state index contributed by atoms with van der Waals surface area (Å²) in [7, 11) is 0. The van der Waals surface area contributed by atoms with Gasteiger partial charge in [0, 0.05) is 6.54 Å². The van der Waals surface area contributed by atoms with Gasteiger partial charge in [-0.15, -0.1) is 0 Å². The maximum atomic E-state index is 12.8. The molecular weight excluding hydrogens is 346 g/mol. The maximum Gasteiger partial charge on any atom is 0.271 e. The van der Waals surface area contributed by atoms with Crippen LogP contribution in [0.2, 0.25) is 5.02 Å². The lowest BCUT2D eigenvalue weighted by Crippen LogP contribution is -2.32. The minimum Gasteiger partial charge on any atom is -0.347 e. The van der Waals surface area contributed by atoms with Crippen molar-refractivity contribution in [3.63, 3.8) is 0 Å². The Labute approximate surface area is 163 Å². The van der Waals surface area contributed by atoms with Crippen LogP contribution in [-0.2, 0) is 5.54 Å². The van der Waals surface area contributed by atoms with Crippen LogP contribution in [0, 0.1) is 0 Å². The number of halogens is 1. The van der Waals surface area contributed by atoms with Gasteiger partial charge in [-0.1, -0.05) is 48.7 Å². The van der Waals surface area contributed by atoms with Gasteiger partial charge in [0.25, 0.3) is 5.91 Å². The summed E-state index contributed by atoms with van der Waals surface area (Å²) in [5.74, 6) is -0.0208. The summed E-state index contributed by atoms with van der Waals surface area (Å²) in [4.78, 5) is 12.8. The first-order valence-electron chi connectivity index (χ1n) is 9.31. The maximum absolute atomic E-state index is 12.8. The number of carbonyl (C=O) groups excluding carboxylic acids is 1. The van der Waals surface area contributed by atoms with E-state index >= 15 is 0 Å². The van der Waals surface area contributed by atoms with E-state index in [2.05, 4.69) is 43.3 Å². The second kappa shape index (κ2) is 9.40. The SMILES string of the molecule is CC(C)=CCC/C(C)=C/CNC(=O)c1c(Cl)c(C(C)C)nn1C(C)(C)C. The molecule has 1 amide bonds. The Morgan fingerprint density at radius 1 is 1.23 bits per heavy atom. The van der Waals surface area contributed by atoms with E-state index in [1.807, 2.05) is 34.6 Å². The molecule has 0 unspecified atom stereocenters. The summed E-state index contributed by atoms with van der Waals surface area (Å²) in [5.41, 5.74) is 3.48. The van der Waals surface area contributed by atoms with Crippen LogP contribution >= 0.6 is 11.6 Å². The highest BCUT2D eigenvalue weighted by molar-refractivity contribution is 6.34. The molecule has 0 aliphatic heterocycles. The molecule has 0 fully saturated rings. The van der Waals surface area contributed by atoms with E-state index in [4.69, 9.17) is 11.6 Å². The number of amides is 1. The molecular formula is C21H34ClN3O. The number of nitrogens with one attached hydrogen (secondary N) is 1. The molecule has 0 aromatic carbocycles. The molecule has 146 valence electrons. The molecule has 1 aromatic rings. The normalized spacial score (nSPS) is 12.5. The van der Waals surface area contributed by atoms with Crippen molar-refractivity contribution in [2.75, 3.05) is 6.54 Å². The fourth-order valence-corrected chi connectivity index (χ4v) is 2.98. The van der Waals surface area contributed by atoms with Crippen molar-refractivity contribution in [1.29, 1.82) is 0 Å². The molecule has 5 heteroatoms. The van der Waals surface area contributed by atoms with E-state index in [0.29, 0.717) is 17.3 Å². The topological polar surface area (TPSA) is 46.9 Å². The molecule has 1 rings (SSSR count). The van der Waals surface area contributed by atoms with E-state index in [9.17, 15) is 4.79 Å². The van der Waals surface area contributed by atoms with E-state index in [0.717, 1.165) is 18.5 Å². The molecule has 0 aliphatic rings. The van der Waals surface area contributed by atoms with Gasteiger partial charge >= 0.3 is 0 Å². The first kappa shape index (κ1) is 22.5. The lowest BCUT2D eigenvalue weighted by Gasteiger charge is -2.22. The second-order valence-corrected chi connectivity index (χ2v) is 8.74. The Bertz CT molecular complexity index is 687.